The molecular weight excluding hydrogens is 180 g/mol. The van der Waals surface area contributed by atoms with Crippen molar-refractivity contribution in [3.05, 3.63) is 35.9 Å². The van der Waals surface area contributed by atoms with Gasteiger partial charge in [0.2, 0.25) is 0 Å². The van der Waals surface area contributed by atoms with Crippen LogP contribution in [0.25, 0.3) is 0 Å². The van der Waals surface area contributed by atoms with Crippen molar-refractivity contribution < 1.29 is 9.63 Å². The van der Waals surface area contributed by atoms with Crippen LogP contribution in [0.5, 0.6) is 0 Å². The van der Waals surface area contributed by atoms with Gasteiger partial charge in [0, 0.05) is 5.56 Å². The molecule has 0 atom stereocenters. The summed E-state index contributed by atoms with van der Waals surface area (Å²) < 4.78 is 0. The second-order valence-corrected chi connectivity index (χ2v) is 2.79. The van der Waals surface area contributed by atoms with Crippen molar-refractivity contribution in [1.29, 1.82) is 0 Å². The summed E-state index contributed by atoms with van der Waals surface area (Å²) in [5.41, 5.74) is 8.19. The Labute approximate surface area is 83.0 Å². The Morgan fingerprint density at radius 3 is 2.71 bits per heavy atom. The molecule has 1 amide bonds. The third-order valence-corrected chi connectivity index (χ3v) is 1.65. The van der Waals surface area contributed by atoms with E-state index in [0.717, 1.165) is 6.42 Å². The largest absolute Gasteiger partial charge is 0.330 e. The molecule has 1 aromatic rings. The first-order valence-electron chi connectivity index (χ1n) is 4.52. The molecule has 0 heterocycles. The number of hydrogen-bond donors (Lipinski definition) is 2. The van der Waals surface area contributed by atoms with Gasteiger partial charge in [0.1, 0.15) is 0 Å². The average Bonchev–Trinajstić information content (AvgIpc) is 2.25. The quantitative estimate of drug-likeness (QED) is 0.535. The smallest absolute Gasteiger partial charge is 0.274 e. The number of carbonyl (C=O) groups excluding carboxylic acids is 1. The summed E-state index contributed by atoms with van der Waals surface area (Å²) in [5.74, 6) is -0.234. The van der Waals surface area contributed by atoms with Crippen molar-refractivity contribution in [3.63, 3.8) is 0 Å². The van der Waals surface area contributed by atoms with Gasteiger partial charge in [0.25, 0.3) is 5.91 Å². The third kappa shape index (κ3) is 3.55. The molecule has 0 saturated heterocycles. The number of hydrogen-bond acceptors (Lipinski definition) is 3. The molecule has 0 fully saturated rings. The normalized spacial score (nSPS) is 9.79. The van der Waals surface area contributed by atoms with Crippen LogP contribution in [0.4, 0.5) is 0 Å². The Morgan fingerprint density at radius 2 is 2.07 bits per heavy atom. The van der Waals surface area contributed by atoms with Crippen LogP contribution >= 0.6 is 0 Å². The van der Waals surface area contributed by atoms with E-state index in [2.05, 4.69) is 5.48 Å². The van der Waals surface area contributed by atoms with Crippen molar-refractivity contribution in [3.8, 4) is 0 Å². The van der Waals surface area contributed by atoms with Crippen molar-refractivity contribution in [1.82, 2.24) is 5.48 Å². The number of rotatable bonds is 5. The van der Waals surface area contributed by atoms with Crippen molar-refractivity contribution in [2.75, 3.05) is 13.2 Å². The monoisotopic (exact) mass is 194 g/mol. The number of amides is 1. The minimum atomic E-state index is -0.234. The fraction of sp³-hybridized carbons (Fsp3) is 0.300. The Kier molecular flexibility index (Phi) is 4.68. The predicted molar refractivity (Wildman–Crippen MR) is 53.5 cm³/mol. The molecule has 3 N–H and O–H groups in total. The van der Waals surface area contributed by atoms with Crippen LogP contribution in [-0.2, 0) is 4.84 Å². The first-order chi connectivity index (χ1) is 6.84. The molecule has 1 rings (SSSR count). The molecule has 14 heavy (non-hydrogen) atoms. The number of nitrogens with two attached hydrogens (primary N) is 1. The van der Waals surface area contributed by atoms with Gasteiger partial charge in [-0.1, -0.05) is 18.2 Å². The van der Waals surface area contributed by atoms with Gasteiger partial charge in [-0.3, -0.25) is 9.63 Å². The predicted octanol–water partition coefficient (Wildman–Crippen LogP) is 0.697. The molecule has 0 bridgehead atoms. The van der Waals surface area contributed by atoms with Crippen LogP contribution < -0.4 is 11.2 Å². The number of benzene rings is 1. The van der Waals surface area contributed by atoms with Gasteiger partial charge in [-0.05, 0) is 25.1 Å². The Balaban J connectivity index is 2.29. The first-order valence-corrected chi connectivity index (χ1v) is 4.52. The third-order valence-electron chi connectivity index (χ3n) is 1.65. The Morgan fingerprint density at radius 1 is 1.36 bits per heavy atom. The summed E-state index contributed by atoms with van der Waals surface area (Å²) in [6.45, 7) is 0.996. The standard InChI is InChI=1S/C10H14N2O2/c11-7-4-8-14-12-10(13)9-5-2-1-3-6-9/h1-3,5-6H,4,7-8,11H2,(H,12,13). The van der Waals surface area contributed by atoms with E-state index >= 15 is 0 Å². The summed E-state index contributed by atoms with van der Waals surface area (Å²) in [7, 11) is 0. The molecular formula is C10H14N2O2. The lowest BCUT2D eigenvalue weighted by Gasteiger charge is -2.04. The summed E-state index contributed by atoms with van der Waals surface area (Å²) in [4.78, 5) is 16.3. The van der Waals surface area contributed by atoms with E-state index in [0.29, 0.717) is 18.7 Å². The number of hydroxylamine groups is 1. The molecule has 0 spiro atoms. The summed E-state index contributed by atoms with van der Waals surface area (Å²) in [6.07, 6.45) is 0.731. The highest BCUT2D eigenvalue weighted by atomic mass is 16.6. The van der Waals surface area contributed by atoms with E-state index in [4.69, 9.17) is 10.6 Å². The highest BCUT2D eigenvalue weighted by Gasteiger charge is 2.02. The van der Waals surface area contributed by atoms with Gasteiger partial charge in [-0.15, -0.1) is 0 Å². The molecule has 0 aliphatic rings. The van der Waals surface area contributed by atoms with Gasteiger partial charge in [0.15, 0.2) is 0 Å². The lowest BCUT2D eigenvalue weighted by molar-refractivity contribution is 0.0309. The maximum atomic E-state index is 11.3. The molecule has 0 unspecified atom stereocenters. The molecule has 76 valence electrons. The molecule has 0 aliphatic carbocycles. The molecule has 0 radical (unpaired) electrons. The topological polar surface area (TPSA) is 64.3 Å². The SMILES string of the molecule is NCCCONC(=O)c1ccccc1. The molecule has 4 heteroatoms. The van der Waals surface area contributed by atoms with Crippen LogP contribution in [-0.4, -0.2) is 19.1 Å². The summed E-state index contributed by atoms with van der Waals surface area (Å²) >= 11 is 0. The minimum absolute atomic E-state index is 0.234. The first kappa shape index (κ1) is 10.7. The average molecular weight is 194 g/mol. The van der Waals surface area contributed by atoms with E-state index in [-0.39, 0.29) is 5.91 Å². The summed E-state index contributed by atoms with van der Waals surface area (Å²) in [6, 6.07) is 8.90. The number of nitrogens with one attached hydrogen (secondary N) is 1. The fourth-order valence-corrected chi connectivity index (χ4v) is 0.921. The van der Waals surface area contributed by atoms with Crippen molar-refractivity contribution in [2.24, 2.45) is 5.73 Å². The molecule has 0 aliphatic heterocycles. The van der Waals surface area contributed by atoms with Gasteiger partial charge >= 0.3 is 0 Å². The highest BCUT2D eigenvalue weighted by molar-refractivity contribution is 5.93. The lowest BCUT2D eigenvalue weighted by atomic mass is 10.2. The van der Waals surface area contributed by atoms with Crippen molar-refractivity contribution >= 4 is 5.91 Å². The Bertz CT molecular complexity index is 275. The van der Waals surface area contributed by atoms with Gasteiger partial charge in [-0.25, -0.2) is 5.48 Å². The zero-order valence-electron chi connectivity index (χ0n) is 7.90. The van der Waals surface area contributed by atoms with Gasteiger partial charge in [-0.2, -0.15) is 0 Å². The van der Waals surface area contributed by atoms with E-state index in [1.54, 1.807) is 24.3 Å². The molecule has 4 nitrogen and oxygen atoms in total. The molecule has 0 saturated carbocycles. The second kappa shape index (κ2) is 6.12. The van der Waals surface area contributed by atoms with E-state index < -0.39 is 0 Å². The lowest BCUT2D eigenvalue weighted by Crippen LogP contribution is -2.24. The maximum Gasteiger partial charge on any atom is 0.274 e. The van der Waals surface area contributed by atoms with Crippen LogP contribution in [0.3, 0.4) is 0 Å². The molecule has 1 aromatic carbocycles. The van der Waals surface area contributed by atoms with E-state index in [1.165, 1.54) is 0 Å². The minimum Gasteiger partial charge on any atom is -0.330 e. The van der Waals surface area contributed by atoms with E-state index in [9.17, 15) is 4.79 Å². The highest BCUT2D eigenvalue weighted by Crippen LogP contribution is 1.97. The molecule has 0 aromatic heterocycles. The van der Waals surface area contributed by atoms with Crippen molar-refractivity contribution in [2.45, 2.75) is 6.42 Å². The van der Waals surface area contributed by atoms with Crippen LogP contribution in [0, 0.1) is 0 Å². The van der Waals surface area contributed by atoms with Crippen LogP contribution in [0.2, 0.25) is 0 Å². The van der Waals surface area contributed by atoms with E-state index in [1.807, 2.05) is 6.07 Å². The van der Waals surface area contributed by atoms with Crippen LogP contribution in [0.1, 0.15) is 16.8 Å². The zero-order valence-corrected chi connectivity index (χ0v) is 7.90. The zero-order chi connectivity index (χ0) is 10.2. The maximum absolute atomic E-state index is 11.3. The summed E-state index contributed by atoms with van der Waals surface area (Å²) in [5, 5.41) is 0. The number of carbonyl (C=O) groups is 1. The van der Waals surface area contributed by atoms with Crippen LogP contribution in [0.15, 0.2) is 30.3 Å². The Hall–Kier alpha value is -1.39. The second-order valence-electron chi connectivity index (χ2n) is 2.79. The van der Waals surface area contributed by atoms with Gasteiger partial charge < -0.3 is 5.73 Å². The van der Waals surface area contributed by atoms with Gasteiger partial charge in [0.05, 0.1) is 6.61 Å². The fourth-order valence-electron chi connectivity index (χ4n) is 0.921.